The van der Waals surface area contributed by atoms with Crippen molar-refractivity contribution in [2.45, 2.75) is 19.3 Å². The van der Waals surface area contributed by atoms with Crippen molar-refractivity contribution in [1.82, 2.24) is 9.88 Å². The molecule has 18 heavy (non-hydrogen) atoms. The molecule has 0 unspecified atom stereocenters. The van der Waals surface area contributed by atoms with Gasteiger partial charge in [-0.15, -0.1) is 0 Å². The van der Waals surface area contributed by atoms with Gasteiger partial charge in [0.05, 0.1) is 0 Å². The number of nitrogens with zero attached hydrogens (tertiary/aromatic N) is 2. The lowest BCUT2D eigenvalue weighted by molar-refractivity contribution is 0.0690. The van der Waals surface area contributed by atoms with Crippen molar-refractivity contribution in [2.75, 3.05) is 13.6 Å². The summed E-state index contributed by atoms with van der Waals surface area (Å²) in [5.41, 5.74) is 0.275. The number of pyridine rings is 1. The Bertz CT molecular complexity index is 469. The van der Waals surface area contributed by atoms with Crippen molar-refractivity contribution in [3.05, 3.63) is 29.6 Å². The first-order chi connectivity index (χ1) is 8.58. The second-order valence-corrected chi connectivity index (χ2v) is 4.69. The van der Waals surface area contributed by atoms with E-state index in [0.29, 0.717) is 12.1 Å². The summed E-state index contributed by atoms with van der Waals surface area (Å²) in [5, 5.41) is 8.83. The molecule has 1 amide bonds. The largest absolute Gasteiger partial charge is 0.477 e. The maximum Gasteiger partial charge on any atom is 0.354 e. The number of carbonyl (C=O) groups is 2. The van der Waals surface area contributed by atoms with Crippen molar-refractivity contribution in [3.8, 4) is 0 Å². The highest BCUT2D eigenvalue weighted by atomic mass is 16.4. The van der Waals surface area contributed by atoms with E-state index in [0.717, 1.165) is 12.3 Å². The Hall–Kier alpha value is -1.91. The van der Waals surface area contributed by atoms with Crippen molar-refractivity contribution in [2.24, 2.45) is 5.92 Å². The molecular weight excluding hydrogens is 232 g/mol. The summed E-state index contributed by atoms with van der Waals surface area (Å²) in [5.74, 6) is -0.502. The second kappa shape index (κ2) is 5.16. The quantitative estimate of drug-likeness (QED) is 0.860. The van der Waals surface area contributed by atoms with Gasteiger partial charge in [-0.05, 0) is 24.5 Å². The smallest absolute Gasteiger partial charge is 0.354 e. The van der Waals surface area contributed by atoms with Gasteiger partial charge in [0, 0.05) is 25.4 Å². The summed E-state index contributed by atoms with van der Waals surface area (Å²) >= 11 is 0. The molecule has 0 spiro atoms. The number of amides is 1. The van der Waals surface area contributed by atoms with Gasteiger partial charge in [0.15, 0.2) is 0 Å². The van der Waals surface area contributed by atoms with E-state index < -0.39 is 5.97 Å². The molecule has 0 saturated heterocycles. The van der Waals surface area contributed by atoms with Crippen LogP contribution >= 0.6 is 0 Å². The van der Waals surface area contributed by atoms with Crippen LogP contribution in [0.25, 0.3) is 0 Å². The zero-order chi connectivity index (χ0) is 13.1. The van der Waals surface area contributed by atoms with Gasteiger partial charge in [-0.25, -0.2) is 9.78 Å². The molecule has 0 aliphatic heterocycles. The minimum Gasteiger partial charge on any atom is -0.477 e. The Morgan fingerprint density at radius 3 is 2.83 bits per heavy atom. The third-order valence-corrected chi connectivity index (χ3v) is 3.14. The molecule has 96 valence electrons. The van der Waals surface area contributed by atoms with Crippen LogP contribution in [0.5, 0.6) is 0 Å². The maximum atomic E-state index is 12.1. The fourth-order valence-electron chi connectivity index (χ4n) is 1.79. The Morgan fingerprint density at radius 2 is 2.22 bits per heavy atom. The van der Waals surface area contributed by atoms with Crippen LogP contribution in [-0.2, 0) is 0 Å². The first-order valence-corrected chi connectivity index (χ1v) is 6.02. The number of hydrogen-bond acceptors (Lipinski definition) is 3. The predicted octanol–water partition coefficient (Wildman–Crippen LogP) is 1.65. The molecule has 2 rings (SSSR count). The number of aromatic carboxylic acids is 1. The van der Waals surface area contributed by atoms with Crippen molar-refractivity contribution >= 4 is 11.9 Å². The average molecular weight is 248 g/mol. The molecule has 5 nitrogen and oxygen atoms in total. The van der Waals surface area contributed by atoms with E-state index in [1.54, 1.807) is 18.0 Å². The molecule has 0 atom stereocenters. The molecule has 0 bridgehead atoms. The fraction of sp³-hybridized carbons (Fsp3) is 0.462. The molecule has 1 heterocycles. The molecular formula is C13H16N2O3. The number of carboxylic acid groups (broad SMARTS) is 1. The highest BCUT2D eigenvalue weighted by Gasteiger charge is 2.22. The summed E-state index contributed by atoms with van der Waals surface area (Å²) in [4.78, 5) is 28.2. The van der Waals surface area contributed by atoms with E-state index >= 15 is 0 Å². The number of hydrogen-bond donors (Lipinski definition) is 1. The monoisotopic (exact) mass is 248 g/mol. The van der Waals surface area contributed by atoms with Gasteiger partial charge in [0.25, 0.3) is 5.91 Å². The minimum absolute atomic E-state index is 0.101. The second-order valence-electron chi connectivity index (χ2n) is 4.69. The fourth-order valence-corrected chi connectivity index (χ4v) is 1.79. The van der Waals surface area contributed by atoms with Crippen LogP contribution in [0, 0.1) is 5.92 Å². The van der Waals surface area contributed by atoms with Crippen LogP contribution in [0.1, 0.15) is 40.1 Å². The highest BCUT2D eigenvalue weighted by Crippen LogP contribution is 2.32. The van der Waals surface area contributed by atoms with Crippen molar-refractivity contribution in [3.63, 3.8) is 0 Å². The molecule has 1 aromatic rings. The van der Waals surface area contributed by atoms with Crippen LogP contribution in [0.4, 0.5) is 0 Å². The third-order valence-electron chi connectivity index (χ3n) is 3.14. The van der Waals surface area contributed by atoms with Crippen molar-refractivity contribution in [1.29, 1.82) is 0 Å². The molecule has 1 aromatic heterocycles. The Balaban J connectivity index is 2.02. The van der Waals surface area contributed by atoms with Crippen LogP contribution in [0.2, 0.25) is 0 Å². The van der Waals surface area contributed by atoms with Gasteiger partial charge in [-0.2, -0.15) is 0 Å². The van der Waals surface area contributed by atoms with Crippen LogP contribution < -0.4 is 0 Å². The lowest BCUT2D eigenvalue weighted by atomic mass is 10.2. The van der Waals surface area contributed by atoms with Gasteiger partial charge in [-0.1, -0.05) is 12.8 Å². The summed E-state index contributed by atoms with van der Waals surface area (Å²) in [6.07, 6.45) is 4.91. The van der Waals surface area contributed by atoms with Crippen LogP contribution in [0.15, 0.2) is 18.3 Å². The average Bonchev–Trinajstić information content (AvgIpc) is 3.19. The van der Waals surface area contributed by atoms with E-state index in [4.69, 9.17) is 5.11 Å². The first kappa shape index (κ1) is 12.5. The number of aromatic nitrogens is 1. The zero-order valence-electron chi connectivity index (χ0n) is 10.3. The summed E-state index contributed by atoms with van der Waals surface area (Å²) in [7, 11) is 1.74. The standard InChI is InChI=1S/C13H16N2O3/c1-15(7-5-9-2-3-9)12(16)10-4-6-14-11(8-10)13(17)18/h4,6,8-9H,2-3,5,7H2,1H3,(H,17,18). The molecule has 0 radical (unpaired) electrons. The Morgan fingerprint density at radius 1 is 1.50 bits per heavy atom. The zero-order valence-corrected chi connectivity index (χ0v) is 10.3. The lowest BCUT2D eigenvalue weighted by Crippen LogP contribution is -2.28. The van der Waals surface area contributed by atoms with Gasteiger partial charge in [0.1, 0.15) is 5.69 Å². The van der Waals surface area contributed by atoms with Gasteiger partial charge in [0.2, 0.25) is 0 Å². The maximum absolute atomic E-state index is 12.1. The minimum atomic E-state index is -1.12. The SMILES string of the molecule is CN(CCC1CC1)C(=O)c1ccnc(C(=O)O)c1. The third kappa shape index (κ3) is 3.06. The highest BCUT2D eigenvalue weighted by molar-refractivity contribution is 5.96. The molecule has 1 N–H and O–H groups in total. The van der Waals surface area contributed by atoms with E-state index in [-0.39, 0.29) is 11.6 Å². The summed E-state index contributed by atoms with van der Waals surface area (Å²) in [6.45, 7) is 0.716. The number of rotatable bonds is 5. The van der Waals surface area contributed by atoms with Crippen molar-refractivity contribution < 1.29 is 14.7 Å². The lowest BCUT2D eigenvalue weighted by Gasteiger charge is -2.17. The molecule has 1 fully saturated rings. The number of carbonyl (C=O) groups excluding carboxylic acids is 1. The summed E-state index contributed by atoms with van der Waals surface area (Å²) < 4.78 is 0. The number of carboxylic acids is 1. The van der Waals surface area contributed by atoms with Crippen LogP contribution in [-0.4, -0.2) is 40.5 Å². The van der Waals surface area contributed by atoms with E-state index in [1.165, 1.54) is 25.1 Å². The molecule has 1 aliphatic rings. The molecule has 1 aliphatic carbocycles. The molecule has 0 aromatic carbocycles. The predicted molar refractivity (Wildman–Crippen MR) is 65.5 cm³/mol. The van der Waals surface area contributed by atoms with E-state index in [2.05, 4.69) is 4.98 Å². The van der Waals surface area contributed by atoms with E-state index in [9.17, 15) is 9.59 Å². The Labute approximate surface area is 105 Å². The summed E-state index contributed by atoms with van der Waals surface area (Å²) in [6, 6.07) is 2.86. The molecule has 1 saturated carbocycles. The normalized spacial score (nSPS) is 14.3. The topological polar surface area (TPSA) is 70.5 Å². The van der Waals surface area contributed by atoms with Gasteiger partial charge >= 0.3 is 5.97 Å². The van der Waals surface area contributed by atoms with Crippen LogP contribution in [0.3, 0.4) is 0 Å². The first-order valence-electron chi connectivity index (χ1n) is 6.02. The van der Waals surface area contributed by atoms with Gasteiger partial charge < -0.3 is 10.0 Å². The molecule has 5 heteroatoms. The Kier molecular flexibility index (Phi) is 3.60. The van der Waals surface area contributed by atoms with E-state index in [1.807, 2.05) is 0 Å². The van der Waals surface area contributed by atoms with Gasteiger partial charge in [-0.3, -0.25) is 4.79 Å².